The van der Waals surface area contributed by atoms with Crippen LogP contribution >= 0.6 is 0 Å². The van der Waals surface area contributed by atoms with Gasteiger partial charge in [0, 0.05) is 33.2 Å². The van der Waals surface area contributed by atoms with Gasteiger partial charge >= 0.3 is 0 Å². The van der Waals surface area contributed by atoms with Crippen LogP contribution in [0, 0.1) is 6.92 Å². The van der Waals surface area contributed by atoms with Crippen LogP contribution in [0.3, 0.4) is 0 Å². The zero-order valence-electron chi connectivity index (χ0n) is 13.1. The van der Waals surface area contributed by atoms with Crippen LogP contribution in [-0.4, -0.2) is 62.0 Å². The summed E-state index contributed by atoms with van der Waals surface area (Å²) >= 11 is 0. The van der Waals surface area contributed by atoms with Gasteiger partial charge in [0.25, 0.3) is 10.1 Å². The van der Waals surface area contributed by atoms with Gasteiger partial charge in [-0.1, -0.05) is 17.7 Å². The molecule has 1 fully saturated rings. The molecular formula is C15H23N3O3S. The van der Waals surface area contributed by atoms with E-state index < -0.39 is 10.1 Å². The zero-order valence-corrected chi connectivity index (χ0v) is 13.9. The normalized spacial score (nSPS) is 18.0. The maximum absolute atomic E-state index is 10.5. The van der Waals surface area contributed by atoms with E-state index in [1.54, 1.807) is 12.1 Å². The molecule has 1 N–H and O–H groups in total. The third kappa shape index (κ3) is 4.45. The predicted molar refractivity (Wildman–Crippen MR) is 86.7 cm³/mol. The molecule has 0 spiro atoms. The average molecular weight is 325 g/mol. The van der Waals surface area contributed by atoms with Gasteiger partial charge in [0.05, 0.1) is 4.90 Å². The SMILES string of the molecule is CN1CCCN2CCCN=C12.Cc1ccc(S(=O)(=O)O)cc1. The molecule has 0 aliphatic carbocycles. The van der Waals surface area contributed by atoms with Crippen molar-refractivity contribution in [1.29, 1.82) is 0 Å². The molecule has 0 unspecified atom stereocenters. The van der Waals surface area contributed by atoms with Crippen molar-refractivity contribution in [3.8, 4) is 0 Å². The van der Waals surface area contributed by atoms with E-state index in [0.29, 0.717) is 0 Å². The van der Waals surface area contributed by atoms with Crippen molar-refractivity contribution < 1.29 is 13.0 Å². The standard InChI is InChI=1S/C8H15N3.C7H8O3S/c1-10-5-3-7-11-6-2-4-9-8(10)11;1-6-2-4-7(5-3-6)11(8,9)10/h2-7H2,1H3;2-5H,1H3,(H,8,9,10). The summed E-state index contributed by atoms with van der Waals surface area (Å²) in [5.41, 5.74) is 0.956. The fraction of sp³-hybridized carbons (Fsp3) is 0.533. The molecule has 7 heteroatoms. The Bertz CT molecular complexity index is 626. The number of guanidine groups is 1. The van der Waals surface area contributed by atoms with Gasteiger partial charge in [0.2, 0.25) is 0 Å². The Kier molecular flexibility index (Phi) is 5.42. The number of hydrogen-bond acceptors (Lipinski definition) is 5. The molecule has 22 heavy (non-hydrogen) atoms. The van der Waals surface area contributed by atoms with Gasteiger partial charge in [-0.2, -0.15) is 8.42 Å². The Morgan fingerprint density at radius 2 is 1.73 bits per heavy atom. The molecule has 0 atom stereocenters. The number of hydrogen-bond donors (Lipinski definition) is 1. The Hall–Kier alpha value is -1.60. The summed E-state index contributed by atoms with van der Waals surface area (Å²) in [6, 6.07) is 5.99. The summed E-state index contributed by atoms with van der Waals surface area (Å²) in [6.07, 6.45) is 2.52. The van der Waals surface area contributed by atoms with E-state index in [2.05, 4.69) is 21.8 Å². The molecular weight excluding hydrogens is 302 g/mol. The van der Waals surface area contributed by atoms with Gasteiger partial charge in [-0.05, 0) is 31.9 Å². The highest BCUT2D eigenvalue weighted by atomic mass is 32.2. The third-order valence-corrected chi connectivity index (χ3v) is 4.57. The van der Waals surface area contributed by atoms with Crippen molar-refractivity contribution in [1.82, 2.24) is 9.80 Å². The number of rotatable bonds is 1. The van der Waals surface area contributed by atoms with Crippen LogP contribution in [0.4, 0.5) is 0 Å². The second kappa shape index (κ2) is 7.11. The maximum atomic E-state index is 10.5. The monoisotopic (exact) mass is 325 g/mol. The number of nitrogens with zero attached hydrogens (tertiary/aromatic N) is 3. The van der Waals surface area contributed by atoms with Crippen molar-refractivity contribution in [2.75, 3.05) is 33.2 Å². The molecule has 0 radical (unpaired) electrons. The van der Waals surface area contributed by atoms with Gasteiger partial charge < -0.3 is 9.80 Å². The lowest BCUT2D eigenvalue weighted by Gasteiger charge is -2.39. The van der Waals surface area contributed by atoms with Crippen molar-refractivity contribution in [2.24, 2.45) is 4.99 Å². The highest BCUT2D eigenvalue weighted by Gasteiger charge is 2.22. The molecule has 122 valence electrons. The quantitative estimate of drug-likeness (QED) is 0.795. The fourth-order valence-corrected chi connectivity index (χ4v) is 3.00. The van der Waals surface area contributed by atoms with E-state index in [-0.39, 0.29) is 4.90 Å². The first-order valence-corrected chi connectivity index (χ1v) is 8.86. The molecule has 3 rings (SSSR count). The zero-order chi connectivity index (χ0) is 16.2. The van der Waals surface area contributed by atoms with Crippen LogP contribution in [0.2, 0.25) is 0 Å². The van der Waals surface area contributed by atoms with Gasteiger partial charge in [-0.25, -0.2) is 0 Å². The first-order chi connectivity index (χ1) is 10.4. The van der Waals surface area contributed by atoms with Crippen LogP contribution in [0.1, 0.15) is 18.4 Å². The lowest BCUT2D eigenvalue weighted by atomic mass is 10.2. The minimum Gasteiger partial charge on any atom is -0.346 e. The van der Waals surface area contributed by atoms with Gasteiger partial charge in [0.1, 0.15) is 0 Å². The highest BCUT2D eigenvalue weighted by Crippen LogP contribution is 2.11. The predicted octanol–water partition coefficient (Wildman–Crippen LogP) is 1.63. The summed E-state index contributed by atoms with van der Waals surface area (Å²) < 4.78 is 29.6. The second-order valence-electron chi connectivity index (χ2n) is 5.59. The molecule has 0 bridgehead atoms. The number of benzene rings is 1. The summed E-state index contributed by atoms with van der Waals surface area (Å²) in [5.74, 6) is 1.22. The summed E-state index contributed by atoms with van der Waals surface area (Å²) in [6.45, 7) is 6.46. The third-order valence-electron chi connectivity index (χ3n) is 3.70. The van der Waals surface area contributed by atoms with E-state index in [1.165, 1.54) is 50.6 Å². The van der Waals surface area contributed by atoms with Crippen LogP contribution < -0.4 is 0 Å². The van der Waals surface area contributed by atoms with E-state index in [9.17, 15) is 8.42 Å². The van der Waals surface area contributed by atoms with Gasteiger partial charge in [-0.15, -0.1) is 0 Å². The van der Waals surface area contributed by atoms with Crippen LogP contribution in [0.25, 0.3) is 0 Å². The Balaban J connectivity index is 0.000000160. The molecule has 0 saturated carbocycles. The Labute approximate surface area is 132 Å². The van der Waals surface area contributed by atoms with Crippen LogP contribution in [-0.2, 0) is 10.1 Å². The second-order valence-corrected chi connectivity index (χ2v) is 7.01. The summed E-state index contributed by atoms with van der Waals surface area (Å²) in [5, 5.41) is 0. The smallest absolute Gasteiger partial charge is 0.294 e. The summed E-state index contributed by atoms with van der Waals surface area (Å²) in [7, 11) is -1.88. The molecule has 2 aliphatic rings. The fourth-order valence-electron chi connectivity index (χ4n) is 2.52. The number of aliphatic imine (C=N–C) groups is 1. The molecule has 1 aromatic carbocycles. The largest absolute Gasteiger partial charge is 0.346 e. The minimum atomic E-state index is -4.02. The van der Waals surface area contributed by atoms with Crippen LogP contribution in [0.5, 0.6) is 0 Å². The molecule has 2 aliphatic heterocycles. The van der Waals surface area contributed by atoms with E-state index in [1.807, 2.05) is 6.92 Å². The molecule has 2 heterocycles. The molecule has 1 saturated heterocycles. The number of aryl methyl sites for hydroxylation is 1. The summed E-state index contributed by atoms with van der Waals surface area (Å²) in [4.78, 5) is 9.10. The van der Waals surface area contributed by atoms with E-state index in [4.69, 9.17) is 4.55 Å². The van der Waals surface area contributed by atoms with Crippen LogP contribution in [0.15, 0.2) is 34.2 Å². The highest BCUT2D eigenvalue weighted by molar-refractivity contribution is 7.85. The van der Waals surface area contributed by atoms with Crippen molar-refractivity contribution in [3.63, 3.8) is 0 Å². The first kappa shape index (κ1) is 16.8. The van der Waals surface area contributed by atoms with Gasteiger partial charge in [0.15, 0.2) is 5.96 Å². The van der Waals surface area contributed by atoms with Gasteiger partial charge in [-0.3, -0.25) is 9.55 Å². The molecule has 6 nitrogen and oxygen atoms in total. The van der Waals surface area contributed by atoms with E-state index >= 15 is 0 Å². The molecule has 1 aromatic rings. The van der Waals surface area contributed by atoms with E-state index in [0.717, 1.165) is 12.1 Å². The first-order valence-electron chi connectivity index (χ1n) is 7.42. The maximum Gasteiger partial charge on any atom is 0.294 e. The number of fused-ring (bicyclic) bond motifs is 1. The lowest BCUT2D eigenvalue weighted by molar-refractivity contribution is 0.269. The van der Waals surface area contributed by atoms with Crippen molar-refractivity contribution in [2.45, 2.75) is 24.7 Å². The minimum absolute atomic E-state index is 0.0666. The van der Waals surface area contributed by atoms with Crippen molar-refractivity contribution in [3.05, 3.63) is 29.8 Å². The van der Waals surface area contributed by atoms with Crippen molar-refractivity contribution >= 4 is 16.1 Å². The Morgan fingerprint density at radius 3 is 2.32 bits per heavy atom. The lowest BCUT2D eigenvalue weighted by Crippen LogP contribution is -2.50. The Morgan fingerprint density at radius 1 is 1.09 bits per heavy atom. The average Bonchev–Trinajstić information content (AvgIpc) is 2.48. The topological polar surface area (TPSA) is 73.2 Å². The molecule has 0 aromatic heterocycles. The molecule has 0 amide bonds.